The summed E-state index contributed by atoms with van der Waals surface area (Å²) in [6.45, 7) is 4.06. The minimum absolute atomic E-state index is 0.794. The summed E-state index contributed by atoms with van der Waals surface area (Å²) in [4.78, 5) is 0. The zero-order valence-electron chi connectivity index (χ0n) is 10.6. The molecule has 2 aromatic rings. The van der Waals surface area contributed by atoms with Gasteiger partial charge in [0.05, 0.1) is 0 Å². The third-order valence-electron chi connectivity index (χ3n) is 2.89. The van der Waals surface area contributed by atoms with Gasteiger partial charge in [-0.25, -0.2) is 0 Å². The Morgan fingerprint density at radius 2 is 1.83 bits per heavy atom. The molecule has 0 aliphatic heterocycles. The van der Waals surface area contributed by atoms with Crippen LogP contribution in [0.25, 0.3) is 11.1 Å². The summed E-state index contributed by atoms with van der Waals surface area (Å²) in [5, 5.41) is 4.22. The van der Waals surface area contributed by atoms with Crippen molar-refractivity contribution in [1.82, 2.24) is 5.32 Å². The fourth-order valence-corrected chi connectivity index (χ4v) is 2.20. The molecule has 0 heterocycles. The lowest BCUT2D eigenvalue weighted by Gasteiger charge is -2.11. The number of halogens is 1. The van der Waals surface area contributed by atoms with Gasteiger partial charge in [0, 0.05) is 11.6 Å². The molecule has 0 spiro atoms. The van der Waals surface area contributed by atoms with E-state index in [1.54, 1.807) is 0 Å². The number of benzene rings is 2. The first-order chi connectivity index (χ1) is 8.81. The summed E-state index contributed by atoms with van der Waals surface area (Å²) in [6, 6.07) is 16.5. The van der Waals surface area contributed by atoms with Crippen molar-refractivity contribution < 1.29 is 0 Å². The van der Waals surface area contributed by atoms with Crippen LogP contribution in [0.15, 0.2) is 48.5 Å². The van der Waals surface area contributed by atoms with Gasteiger partial charge in [-0.15, -0.1) is 0 Å². The van der Waals surface area contributed by atoms with Gasteiger partial charge in [0.1, 0.15) is 0 Å². The molecule has 1 nitrogen and oxygen atoms in total. The van der Waals surface area contributed by atoms with Crippen molar-refractivity contribution in [3.63, 3.8) is 0 Å². The van der Waals surface area contributed by atoms with Gasteiger partial charge in [0.2, 0.25) is 0 Å². The molecule has 0 saturated heterocycles. The largest absolute Gasteiger partial charge is 0.313 e. The summed E-state index contributed by atoms with van der Waals surface area (Å²) in [7, 11) is 0. The molecular weight excluding hydrogens is 242 g/mol. The van der Waals surface area contributed by atoms with Crippen LogP contribution in [0.2, 0.25) is 5.02 Å². The van der Waals surface area contributed by atoms with E-state index < -0.39 is 0 Å². The van der Waals surface area contributed by atoms with E-state index in [4.69, 9.17) is 11.6 Å². The first-order valence-corrected chi connectivity index (χ1v) is 6.73. The highest BCUT2D eigenvalue weighted by molar-refractivity contribution is 6.30. The second-order valence-electron chi connectivity index (χ2n) is 4.34. The highest BCUT2D eigenvalue weighted by Crippen LogP contribution is 2.26. The quantitative estimate of drug-likeness (QED) is 0.780. The second-order valence-corrected chi connectivity index (χ2v) is 4.78. The third kappa shape index (κ3) is 3.34. The first-order valence-electron chi connectivity index (χ1n) is 6.36. The van der Waals surface area contributed by atoms with Crippen molar-refractivity contribution in [3.05, 3.63) is 59.1 Å². The van der Waals surface area contributed by atoms with Crippen molar-refractivity contribution in [2.75, 3.05) is 6.54 Å². The smallest absolute Gasteiger partial charge is 0.0409 e. The van der Waals surface area contributed by atoms with E-state index in [2.05, 4.69) is 42.6 Å². The van der Waals surface area contributed by atoms with E-state index >= 15 is 0 Å². The van der Waals surface area contributed by atoms with Crippen molar-refractivity contribution >= 4 is 11.6 Å². The SMILES string of the molecule is CCCNCc1cc(Cl)ccc1-c1ccccc1. The van der Waals surface area contributed by atoms with Gasteiger partial charge in [-0.3, -0.25) is 0 Å². The Morgan fingerprint density at radius 1 is 1.06 bits per heavy atom. The number of rotatable bonds is 5. The van der Waals surface area contributed by atoms with Gasteiger partial charge in [0.15, 0.2) is 0 Å². The minimum Gasteiger partial charge on any atom is -0.313 e. The van der Waals surface area contributed by atoms with Crippen molar-refractivity contribution in [3.8, 4) is 11.1 Å². The Kier molecular flexibility index (Phi) is 4.80. The van der Waals surface area contributed by atoms with E-state index in [-0.39, 0.29) is 0 Å². The molecule has 0 aliphatic carbocycles. The lowest BCUT2D eigenvalue weighted by atomic mass is 10.00. The van der Waals surface area contributed by atoms with Gasteiger partial charge in [-0.1, -0.05) is 54.9 Å². The van der Waals surface area contributed by atoms with Crippen molar-refractivity contribution in [2.24, 2.45) is 0 Å². The molecule has 0 aliphatic rings. The number of hydrogen-bond acceptors (Lipinski definition) is 1. The summed E-state index contributed by atoms with van der Waals surface area (Å²) in [5.41, 5.74) is 3.74. The van der Waals surface area contributed by atoms with Crippen LogP contribution < -0.4 is 5.32 Å². The summed E-state index contributed by atoms with van der Waals surface area (Å²) in [6.07, 6.45) is 1.14. The van der Waals surface area contributed by atoms with E-state index in [9.17, 15) is 0 Å². The molecule has 0 atom stereocenters. The molecule has 0 bridgehead atoms. The number of nitrogens with one attached hydrogen (secondary N) is 1. The average molecular weight is 260 g/mol. The molecule has 1 N–H and O–H groups in total. The highest BCUT2D eigenvalue weighted by Gasteiger charge is 2.05. The van der Waals surface area contributed by atoms with Gasteiger partial charge in [-0.2, -0.15) is 0 Å². The monoisotopic (exact) mass is 259 g/mol. The first kappa shape index (κ1) is 13.1. The zero-order valence-corrected chi connectivity index (χ0v) is 11.4. The Balaban J connectivity index is 2.29. The van der Waals surface area contributed by atoms with Crippen LogP contribution in [-0.2, 0) is 6.54 Å². The van der Waals surface area contributed by atoms with E-state index in [0.29, 0.717) is 0 Å². The zero-order chi connectivity index (χ0) is 12.8. The second kappa shape index (κ2) is 6.58. The normalized spacial score (nSPS) is 10.6. The maximum Gasteiger partial charge on any atom is 0.0409 e. The molecule has 0 aromatic heterocycles. The van der Waals surface area contributed by atoms with Gasteiger partial charge < -0.3 is 5.32 Å². The van der Waals surface area contributed by atoms with Crippen LogP contribution in [0.4, 0.5) is 0 Å². The molecular formula is C16H18ClN. The van der Waals surface area contributed by atoms with Crippen molar-refractivity contribution in [2.45, 2.75) is 19.9 Å². The van der Waals surface area contributed by atoms with E-state index in [1.165, 1.54) is 16.7 Å². The van der Waals surface area contributed by atoms with Crippen LogP contribution in [-0.4, -0.2) is 6.54 Å². The van der Waals surface area contributed by atoms with Gasteiger partial charge >= 0.3 is 0 Å². The Morgan fingerprint density at radius 3 is 2.56 bits per heavy atom. The Hall–Kier alpha value is -1.31. The van der Waals surface area contributed by atoms with Crippen LogP contribution >= 0.6 is 11.6 Å². The maximum atomic E-state index is 6.09. The van der Waals surface area contributed by atoms with Crippen LogP contribution in [0.1, 0.15) is 18.9 Å². The molecule has 2 aromatic carbocycles. The fourth-order valence-electron chi connectivity index (χ4n) is 2.01. The van der Waals surface area contributed by atoms with Crippen molar-refractivity contribution in [1.29, 1.82) is 0 Å². The molecule has 2 heteroatoms. The summed E-state index contributed by atoms with van der Waals surface area (Å²) < 4.78 is 0. The van der Waals surface area contributed by atoms with E-state index in [1.807, 2.05) is 18.2 Å². The summed E-state index contributed by atoms with van der Waals surface area (Å²) >= 11 is 6.09. The molecule has 2 rings (SSSR count). The molecule has 18 heavy (non-hydrogen) atoms. The fraction of sp³-hybridized carbons (Fsp3) is 0.250. The van der Waals surface area contributed by atoms with Gasteiger partial charge in [-0.05, 0) is 41.8 Å². The van der Waals surface area contributed by atoms with Gasteiger partial charge in [0.25, 0.3) is 0 Å². The topological polar surface area (TPSA) is 12.0 Å². The predicted octanol–water partition coefficient (Wildman–Crippen LogP) is 4.51. The molecule has 0 unspecified atom stereocenters. The summed E-state index contributed by atoms with van der Waals surface area (Å²) in [5.74, 6) is 0. The third-order valence-corrected chi connectivity index (χ3v) is 3.13. The van der Waals surface area contributed by atoms with Crippen LogP contribution in [0.3, 0.4) is 0 Å². The lowest BCUT2D eigenvalue weighted by molar-refractivity contribution is 0.676. The predicted molar refractivity (Wildman–Crippen MR) is 78.9 cm³/mol. The molecule has 0 amide bonds. The van der Waals surface area contributed by atoms with Crippen LogP contribution in [0, 0.1) is 0 Å². The van der Waals surface area contributed by atoms with E-state index in [0.717, 1.165) is 24.5 Å². The number of hydrogen-bond donors (Lipinski definition) is 1. The molecule has 0 saturated carbocycles. The highest BCUT2D eigenvalue weighted by atomic mass is 35.5. The molecule has 94 valence electrons. The average Bonchev–Trinajstić information content (AvgIpc) is 2.40. The Labute approximate surface area is 114 Å². The standard InChI is InChI=1S/C16H18ClN/c1-2-10-18-12-14-11-15(17)8-9-16(14)13-6-4-3-5-7-13/h3-9,11,18H,2,10,12H2,1H3. The minimum atomic E-state index is 0.794. The Bertz CT molecular complexity index is 494. The maximum absolute atomic E-state index is 6.09. The molecule has 0 fully saturated rings. The molecule has 0 radical (unpaired) electrons. The van der Waals surface area contributed by atoms with Crippen LogP contribution in [0.5, 0.6) is 0 Å². The lowest BCUT2D eigenvalue weighted by Crippen LogP contribution is -2.14.